The molecule has 2 aromatic rings. The molecule has 0 fully saturated rings. The van der Waals surface area contributed by atoms with Gasteiger partial charge in [-0.25, -0.2) is 0 Å². The van der Waals surface area contributed by atoms with Crippen molar-refractivity contribution in [3.8, 4) is 11.5 Å². The average Bonchev–Trinajstić information content (AvgIpc) is 2.42. The van der Waals surface area contributed by atoms with Crippen molar-refractivity contribution in [3.63, 3.8) is 0 Å². The Kier molecular flexibility index (Phi) is 5.46. The number of benzene rings is 2. The Balaban J connectivity index is 2.17. The second kappa shape index (κ2) is 7.11. The molecule has 0 heterocycles. The molecule has 0 atom stereocenters. The lowest BCUT2D eigenvalue weighted by Crippen LogP contribution is -2.11. The minimum atomic E-state index is 0.614. The summed E-state index contributed by atoms with van der Waals surface area (Å²) in [7, 11) is 0. The van der Waals surface area contributed by atoms with E-state index in [-0.39, 0.29) is 0 Å². The lowest BCUT2D eigenvalue weighted by Gasteiger charge is -2.11. The standard InChI is InChI=1S/C16H17BrClNO/c1-3-19-10-12-5-6-13(9-14(12)17)20-16-8-11(2)4-7-15(16)18/h4-9,19H,3,10H2,1-2H3. The van der Waals surface area contributed by atoms with Gasteiger partial charge in [-0.1, -0.05) is 46.6 Å². The van der Waals surface area contributed by atoms with Crippen molar-refractivity contribution in [2.24, 2.45) is 0 Å². The van der Waals surface area contributed by atoms with Gasteiger partial charge < -0.3 is 10.1 Å². The summed E-state index contributed by atoms with van der Waals surface area (Å²) in [6.45, 7) is 5.88. The number of nitrogens with one attached hydrogen (secondary N) is 1. The average molecular weight is 355 g/mol. The Labute approximate surface area is 133 Å². The van der Waals surface area contributed by atoms with Crippen molar-refractivity contribution in [1.82, 2.24) is 5.32 Å². The number of halogens is 2. The number of hydrogen-bond acceptors (Lipinski definition) is 2. The van der Waals surface area contributed by atoms with Gasteiger partial charge in [0.25, 0.3) is 0 Å². The predicted molar refractivity (Wildman–Crippen MR) is 87.8 cm³/mol. The summed E-state index contributed by atoms with van der Waals surface area (Å²) in [5.41, 5.74) is 2.32. The van der Waals surface area contributed by atoms with E-state index in [1.165, 1.54) is 5.56 Å². The van der Waals surface area contributed by atoms with Crippen LogP contribution in [0.1, 0.15) is 18.1 Å². The number of aryl methyl sites for hydroxylation is 1. The van der Waals surface area contributed by atoms with E-state index in [9.17, 15) is 0 Å². The van der Waals surface area contributed by atoms with Crippen LogP contribution >= 0.6 is 27.5 Å². The highest BCUT2D eigenvalue weighted by atomic mass is 79.9. The molecule has 0 saturated heterocycles. The van der Waals surface area contributed by atoms with E-state index >= 15 is 0 Å². The molecule has 0 amide bonds. The Hall–Kier alpha value is -1.03. The maximum atomic E-state index is 6.14. The van der Waals surface area contributed by atoms with Gasteiger partial charge in [0.2, 0.25) is 0 Å². The van der Waals surface area contributed by atoms with E-state index in [0.29, 0.717) is 10.8 Å². The van der Waals surface area contributed by atoms with Crippen molar-refractivity contribution in [2.75, 3.05) is 6.54 Å². The highest BCUT2D eigenvalue weighted by Crippen LogP contribution is 2.32. The fourth-order valence-corrected chi connectivity index (χ4v) is 2.46. The van der Waals surface area contributed by atoms with Crippen LogP contribution in [0.4, 0.5) is 0 Å². The van der Waals surface area contributed by atoms with Gasteiger partial charge in [-0.3, -0.25) is 0 Å². The molecular formula is C16H17BrClNO. The van der Waals surface area contributed by atoms with Gasteiger partial charge in [-0.15, -0.1) is 0 Å². The zero-order valence-corrected chi connectivity index (χ0v) is 13.9. The smallest absolute Gasteiger partial charge is 0.146 e. The van der Waals surface area contributed by atoms with Crippen LogP contribution in [0.3, 0.4) is 0 Å². The quantitative estimate of drug-likeness (QED) is 0.785. The van der Waals surface area contributed by atoms with Gasteiger partial charge in [0.05, 0.1) is 5.02 Å². The van der Waals surface area contributed by atoms with Crippen LogP contribution < -0.4 is 10.1 Å². The molecule has 0 saturated carbocycles. The molecule has 0 spiro atoms. The summed E-state index contributed by atoms with van der Waals surface area (Å²) in [5, 5.41) is 3.91. The first-order valence-electron chi connectivity index (χ1n) is 6.53. The van der Waals surface area contributed by atoms with Crippen molar-refractivity contribution in [1.29, 1.82) is 0 Å². The molecule has 2 rings (SSSR count). The number of ether oxygens (including phenoxy) is 1. The topological polar surface area (TPSA) is 21.3 Å². The molecule has 0 aromatic heterocycles. The van der Waals surface area contributed by atoms with Gasteiger partial charge >= 0.3 is 0 Å². The maximum absolute atomic E-state index is 6.14. The largest absolute Gasteiger partial charge is 0.456 e. The van der Waals surface area contributed by atoms with E-state index in [0.717, 1.165) is 28.9 Å². The zero-order chi connectivity index (χ0) is 14.5. The van der Waals surface area contributed by atoms with Gasteiger partial charge in [0.1, 0.15) is 11.5 Å². The second-order valence-electron chi connectivity index (χ2n) is 4.57. The van der Waals surface area contributed by atoms with Crippen LogP contribution in [0.2, 0.25) is 5.02 Å². The van der Waals surface area contributed by atoms with E-state index < -0.39 is 0 Å². The molecule has 20 heavy (non-hydrogen) atoms. The van der Waals surface area contributed by atoms with E-state index in [1.807, 2.05) is 43.3 Å². The molecular weight excluding hydrogens is 338 g/mol. The third kappa shape index (κ3) is 3.98. The fourth-order valence-electron chi connectivity index (χ4n) is 1.81. The van der Waals surface area contributed by atoms with Crippen molar-refractivity contribution < 1.29 is 4.74 Å². The Morgan fingerprint density at radius 3 is 2.70 bits per heavy atom. The molecule has 2 nitrogen and oxygen atoms in total. The van der Waals surface area contributed by atoms with Crippen LogP contribution in [-0.4, -0.2) is 6.54 Å². The number of rotatable bonds is 5. The molecule has 0 radical (unpaired) electrons. The first-order chi connectivity index (χ1) is 9.60. The van der Waals surface area contributed by atoms with Crippen molar-refractivity contribution in [3.05, 3.63) is 57.0 Å². The molecule has 4 heteroatoms. The molecule has 2 aromatic carbocycles. The minimum absolute atomic E-state index is 0.614. The molecule has 0 aliphatic heterocycles. The van der Waals surface area contributed by atoms with E-state index in [4.69, 9.17) is 16.3 Å². The Morgan fingerprint density at radius 2 is 2.00 bits per heavy atom. The molecule has 1 N–H and O–H groups in total. The molecule has 106 valence electrons. The normalized spacial score (nSPS) is 10.6. The highest BCUT2D eigenvalue weighted by molar-refractivity contribution is 9.10. The first-order valence-corrected chi connectivity index (χ1v) is 7.70. The van der Waals surface area contributed by atoms with Crippen LogP contribution in [0.5, 0.6) is 11.5 Å². The molecule has 0 bridgehead atoms. The van der Waals surface area contributed by atoms with Crippen LogP contribution in [0.25, 0.3) is 0 Å². The summed E-state index contributed by atoms with van der Waals surface area (Å²) in [6.07, 6.45) is 0. The minimum Gasteiger partial charge on any atom is -0.456 e. The van der Waals surface area contributed by atoms with Gasteiger partial charge in [-0.2, -0.15) is 0 Å². The fraction of sp³-hybridized carbons (Fsp3) is 0.250. The van der Waals surface area contributed by atoms with Crippen LogP contribution in [0, 0.1) is 6.92 Å². The van der Waals surface area contributed by atoms with Crippen LogP contribution in [0.15, 0.2) is 40.9 Å². The predicted octanol–water partition coefficient (Wildman–Crippen LogP) is 5.31. The summed E-state index contributed by atoms with van der Waals surface area (Å²) in [6, 6.07) is 11.7. The molecule has 0 aliphatic rings. The molecule has 0 aliphatic carbocycles. The first kappa shape index (κ1) is 15.4. The Bertz CT molecular complexity index is 601. The summed E-state index contributed by atoms with van der Waals surface area (Å²) < 4.78 is 6.88. The number of hydrogen-bond donors (Lipinski definition) is 1. The SMILES string of the molecule is CCNCc1ccc(Oc2cc(C)ccc2Cl)cc1Br. The lowest BCUT2D eigenvalue weighted by molar-refractivity contribution is 0.482. The van der Waals surface area contributed by atoms with E-state index in [2.05, 4.69) is 28.2 Å². The summed E-state index contributed by atoms with van der Waals surface area (Å²) >= 11 is 9.71. The lowest BCUT2D eigenvalue weighted by atomic mass is 10.2. The second-order valence-corrected chi connectivity index (χ2v) is 5.83. The zero-order valence-electron chi connectivity index (χ0n) is 11.5. The van der Waals surface area contributed by atoms with Crippen LogP contribution in [-0.2, 0) is 6.54 Å². The summed E-state index contributed by atoms with van der Waals surface area (Å²) in [5.74, 6) is 1.45. The third-order valence-corrected chi connectivity index (χ3v) is 3.95. The monoisotopic (exact) mass is 353 g/mol. The highest BCUT2D eigenvalue weighted by Gasteiger charge is 2.06. The van der Waals surface area contributed by atoms with Crippen molar-refractivity contribution in [2.45, 2.75) is 20.4 Å². The van der Waals surface area contributed by atoms with E-state index in [1.54, 1.807) is 0 Å². The Morgan fingerprint density at radius 1 is 1.20 bits per heavy atom. The van der Waals surface area contributed by atoms with Gasteiger partial charge in [0, 0.05) is 11.0 Å². The molecule has 0 unspecified atom stereocenters. The van der Waals surface area contributed by atoms with Crippen molar-refractivity contribution >= 4 is 27.5 Å². The summed E-state index contributed by atoms with van der Waals surface area (Å²) in [4.78, 5) is 0. The van der Waals surface area contributed by atoms with Gasteiger partial charge in [-0.05, 0) is 48.9 Å². The maximum Gasteiger partial charge on any atom is 0.146 e. The van der Waals surface area contributed by atoms with Gasteiger partial charge in [0.15, 0.2) is 0 Å². The third-order valence-electron chi connectivity index (χ3n) is 2.90.